The van der Waals surface area contributed by atoms with Crippen molar-refractivity contribution in [3.63, 3.8) is 0 Å². The van der Waals surface area contributed by atoms with Crippen molar-refractivity contribution in [2.75, 3.05) is 23.0 Å². The minimum atomic E-state index is -3.75. The molecule has 0 saturated heterocycles. The molecule has 152 valence electrons. The Morgan fingerprint density at radius 1 is 1.21 bits per heavy atom. The van der Waals surface area contributed by atoms with Crippen LogP contribution in [0.5, 0.6) is 5.75 Å². The molecule has 1 unspecified atom stereocenters. The van der Waals surface area contributed by atoms with Crippen LogP contribution >= 0.6 is 11.6 Å². The lowest BCUT2D eigenvalue weighted by Gasteiger charge is -2.31. The van der Waals surface area contributed by atoms with E-state index in [0.717, 1.165) is 16.1 Å². The normalized spacial score (nSPS) is 12.4. The maximum absolute atomic E-state index is 13.1. The van der Waals surface area contributed by atoms with Crippen LogP contribution in [0, 0.1) is 13.8 Å². The number of aryl methyl sites for hydroxylation is 2. The number of rotatable bonds is 7. The molecule has 0 fully saturated rings. The Bertz CT molecular complexity index is 976. The van der Waals surface area contributed by atoms with Crippen LogP contribution in [0.15, 0.2) is 36.4 Å². The Kier molecular flexibility index (Phi) is 6.96. The first-order valence-corrected chi connectivity index (χ1v) is 11.0. The lowest BCUT2D eigenvalue weighted by molar-refractivity contribution is -0.117. The third-order valence-corrected chi connectivity index (χ3v) is 5.75. The molecular weight excluding hydrogens is 400 g/mol. The van der Waals surface area contributed by atoms with E-state index in [4.69, 9.17) is 16.3 Å². The van der Waals surface area contributed by atoms with Crippen molar-refractivity contribution >= 4 is 38.9 Å². The van der Waals surface area contributed by atoms with Gasteiger partial charge in [-0.1, -0.05) is 30.7 Å². The molecule has 0 aliphatic rings. The predicted octanol–water partition coefficient (Wildman–Crippen LogP) is 4.15. The zero-order valence-corrected chi connectivity index (χ0v) is 18.2. The quantitative estimate of drug-likeness (QED) is 0.724. The summed E-state index contributed by atoms with van der Waals surface area (Å²) in [6.07, 6.45) is 1.36. The van der Waals surface area contributed by atoms with E-state index in [1.165, 1.54) is 7.11 Å². The number of carbonyl (C=O) groups is 1. The van der Waals surface area contributed by atoms with Gasteiger partial charge in [0.25, 0.3) is 0 Å². The summed E-state index contributed by atoms with van der Waals surface area (Å²) in [5, 5.41) is 3.20. The second-order valence-electron chi connectivity index (χ2n) is 6.61. The first-order chi connectivity index (χ1) is 13.1. The standard InChI is InChI=1S/C20H25ClN2O4S/c1-6-17(20(24)22-16-11-13(2)7-10-19(16)27-4)23(28(5,25)26)18-12-15(21)9-8-14(18)3/h7-12,17H,6H2,1-5H3,(H,22,24). The van der Waals surface area contributed by atoms with E-state index in [2.05, 4.69) is 5.32 Å². The van der Waals surface area contributed by atoms with E-state index in [1.54, 1.807) is 44.2 Å². The summed E-state index contributed by atoms with van der Waals surface area (Å²) in [7, 11) is -2.24. The number of nitrogens with one attached hydrogen (secondary N) is 1. The van der Waals surface area contributed by atoms with Crippen molar-refractivity contribution in [3.8, 4) is 5.75 Å². The minimum absolute atomic E-state index is 0.277. The number of carbonyl (C=O) groups excluding carboxylic acids is 1. The third kappa shape index (κ3) is 4.97. The maximum atomic E-state index is 13.1. The number of methoxy groups -OCH3 is 1. The van der Waals surface area contributed by atoms with Crippen molar-refractivity contribution in [1.29, 1.82) is 0 Å². The number of hydrogen-bond acceptors (Lipinski definition) is 4. The lowest BCUT2D eigenvalue weighted by Crippen LogP contribution is -2.47. The molecule has 2 aromatic rings. The average Bonchev–Trinajstić information content (AvgIpc) is 2.61. The Morgan fingerprint density at radius 2 is 1.89 bits per heavy atom. The largest absolute Gasteiger partial charge is 0.495 e. The van der Waals surface area contributed by atoms with Crippen LogP contribution in [-0.2, 0) is 14.8 Å². The van der Waals surface area contributed by atoms with Crippen molar-refractivity contribution in [3.05, 3.63) is 52.5 Å². The van der Waals surface area contributed by atoms with Crippen molar-refractivity contribution < 1.29 is 17.9 Å². The van der Waals surface area contributed by atoms with E-state index >= 15 is 0 Å². The second-order valence-corrected chi connectivity index (χ2v) is 8.90. The molecule has 1 N–H and O–H groups in total. The molecule has 0 aliphatic carbocycles. The van der Waals surface area contributed by atoms with Crippen LogP contribution in [-0.4, -0.2) is 33.7 Å². The summed E-state index contributed by atoms with van der Waals surface area (Å²) in [5.41, 5.74) is 2.51. The van der Waals surface area contributed by atoms with Gasteiger partial charge in [0, 0.05) is 5.02 Å². The molecule has 2 rings (SSSR count). The molecule has 0 aromatic heterocycles. The molecule has 0 radical (unpaired) electrons. The molecule has 1 atom stereocenters. The Labute approximate surface area is 171 Å². The van der Waals surface area contributed by atoms with E-state index in [1.807, 2.05) is 13.0 Å². The molecule has 0 bridgehead atoms. The van der Waals surface area contributed by atoms with E-state index in [-0.39, 0.29) is 6.42 Å². The summed E-state index contributed by atoms with van der Waals surface area (Å²) in [6.45, 7) is 5.43. The number of anilines is 2. The van der Waals surface area contributed by atoms with Crippen LogP contribution in [0.3, 0.4) is 0 Å². The van der Waals surface area contributed by atoms with Gasteiger partial charge in [-0.2, -0.15) is 0 Å². The third-order valence-electron chi connectivity index (χ3n) is 4.35. The minimum Gasteiger partial charge on any atom is -0.495 e. The van der Waals surface area contributed by atoms with Gasteiger partial charge in [0.05, 0.1) is 24.7 Å². The van der Waals surface area contributed by atoms with Crippen molar-refractivity contribution in [2.45, 2.75) is 33.2 Å². The van der Waals surface area contributed by atoms with Crippen LogP contribution in [0.2, 0.25) is 5.02 Å². The molecular formula is C20H25ClN2O4S. The monoisotopic (exact) mass is 424 g/mol. The van der Waals surface area contributed by atoms with Gasteiger partial charge in [0.2, 0.25) is 15.9 Å². The fourth-order valence-corrected chi connectivity index (χ4v) is 4.42. The molecule has 28 heavy (non-hydrogen) atoms. The van der Waals surface area contributed by atoms with E-state index in [0.29, 0.717) is 27.7 Å². The van der Waals surface area contributed by atoms with Gasteiger partial charge < -0.3 is 10.1 Å². The molecule has 0 spiro atoms. The topological polar surface area (TPSA) is 75.7 Å². The molecule has 0 heterocycles. The summed E-state index contributed by atoms with van der Waals surface area (Å²) < 4.78 is 31.6. The zero-order chi connectivity index (χ0) is 21.1. The van der Waals surface area contributed by atoms with Crippen LogP contribution in [0.4, 0.5) is 11.4 Å². The van der Waals surface area contributed by atoms with E-state index < -0.39 is 22.0 Å². The number of halogens is 1. The number of hydrogen-bond donors (Lipinski definition) is 1. The second kappa shape index (κ2) is 8.84. The molecule has 6 nitrogen and oxygen atoms in total. The highest BCUT2D eigenvalue weighted by Gasteiger charge is 2.33. The number of sulfonamides is 1. The Morgan fingerprint density at radius 3 is 2.46 bits per heavy atom. The smallest absolute Gasteiger partial charge is 0.248 e. The SMILES string of the molecule is CCC(C(=O)Nc1cc(C)ccc1OC)N(c1cc(Cl)ccc1C)S(C)(=O)=O. The molecule has 0 aliphatic heterocycles. The number of ether oxygens (including phenoxy) is 1. The highest BCUT2D eigenvalue weighted by Crippen LogP contribution is 2.31. The summed E-state index contributed by atoms with van der Waals surface area (Å²) in [4.78, 5) is 13.1. The van der Waals surface area contributed by atoms with Gasteiger partial charge in [-0.25, -0.2) is 8.42 Å². The summed E-state index contributed by atoms with van der Waals surface area (Å²) in [5.74, 6) is 0.0508. The summed E-state index contributed by atoms with van der Waals surface area (Å²) >= 11 is 6.09. The highest BCUT2D eigenvalue weighted by molar-refractivity contribution is 7.92. The zero-order valence-electron chi connectivity index (χ0n) is 16.6. The van der Waals surface area contributed by atoms with Gasteiger partial charge in [-0.05, 0) is 55.7 Å². The number of nitrogens with zero attached hydrogens (tertiary/aromatic N) is 1. The fourth-order valence-electron chi connectivity index (χ4n) is 2.99. The molecule has 0 saturated carbocycles. The summed E-state index contributed by atoms with van der Waals surface area (Å²) in [6, 6.07) is 9.41. The molecule has 1 amide bonds. The van der Waals surface area contributed by atoms with Crippen LogP contribution in [0.1, 0.15) is 24.5 Å². The fraction of sp³-hybridized carbons (Fsp3) is 0.350. The molecule has 2 aromatic carbocycles. The van der Waals surface area contributed by atoms with Gasteiger partial charge in [0.1, 0.15) is 11.8 Å². The Hall–Kier alpha value is -2.25. The van der Waals surface area contributed by atoms with Gasteiger partial charge >= 0.3 is 0 Å². The first-order valence-electron chi connectivity index (χ1n) is 8.79. The van der Waals surface area contributed by atoms with Gasteiger partial charge in [0.15, 0.2) is 0 Å². The average molecular weight is 425 g/mol. The van der Waals surface area contributed by atoms with Gasteiger partial charge in [-0.3, -0.25) is 9.10 Å². The first kappa shape index (κ1) is 22.0. The van der Waals surface area contributed by atoms with Crippen molar-refractivity contribution in [1.82, 2.24) is 0 Å². The number of benzene rings is 2. The predicted molar refractivity (Wildman–Crippen MR) is 114 cm³/mol. The van der Waals surface area contributed by atoms with Gasteiger partial charge in [-0.15, -0.1) is 0 Å². The molecule has 8 heteroatoms. The Balaban J connectivity index is 2.48. The van der Waals surface area contributed by atoms with E-state index in [9.17, 15) is 13.2 Å². The lowest BCUT2D eigenvalue weighted by atomic mass is 10.1. The number of amides is 1. The maximum Gasteiger partial charge on any atom is 0.248 e. The highest BCUT2D eigenvalue weighted by atomic mass is 35.5. The van der Waals surface area contributed by atoms with Crippen LogP contribution in [0.25, 0.3) is 0 Å². The van der Waals surface area contributed by atoms with Crippen molar-refractivity contribution in [2.24, 2.45) is 0 Å². The van der Waals surface area contributed by atoms with Crippen LogP contribution < -0.4 is 14.4 Å².